The minimum Gasteiger partial charge on any atom is -0.497 e. The molecule has 1 aromatic carbocycles. The summed E-state index contributed by atoms with van der Waals surface area (Å²) in [4.78, 5) is 26.0. The molecular formula is C14H16N2O4. The van der Waals surface area contributed by atoms with Gasteiger partial charge < -0.3 is 20.1 Å². The van der Waals surface area contributed by atoms with Gasteiger partial charge in [-0.05, 0) is 38.1 Å². The lowest BCUT2D eigenvalue weighted by Crippen LogP contribution is -2.49. The van der Waals surface area contributed by atoms with Crippen molar-refractivity contribution in [2.45, 2.75) is 19.4 Å². The van der Waals surface area contributed by atoms with Gasteiger partial charge in [0.25, 0.3) is 5.91 Å². The molecule has 1 aromatic heterocycles. The Morgan fingerprint density at radius 2 is 2.00 bits per heavy atom. The Bertz CT molecular complexity index is 673. The maximum absolute atomic E-state index is 12.1. The number of nitrogens with one attached hydrogen (secondary N) is 2. The average molecular weight is 276 g/mol. The molecule has 0 radical (unpaired) electrons. The topological polar surface area (TPSA) is 91.4 Å². The Labute approximate surface area is 115 Å². The van der Waals surface area contributed by atoms with E-state index in [1.165, 1.54) is 13.8 Å². The Morgan fingerprint density at radius 1 is 1.30 bits per heavy atom. The number of methoxy groups -OCH3 is 1. The normalized spacial score (nSPS) is 11.3. The molecule has 6 heteroatoms. The number of ether oxygens (including phenoxy) is 1. The van der Waals surface area contributed by atoms with Crippen molar-refractivity contribution in [3.63, 3.8) is 0 Å². The average Bonchev–Trinajstić information content (AvgIpc) is 2.80. The zero-order valence-corrected chi connectivity index (χ0v) is 11.5. The number of rotatable bonds is 4. The molecule has 0 spiro atoms. The number of amides is 1. The third-order valence-corrected chi connectivity index (χ3v) is 3.03. The molecule has 1 amide bonds. The molecule has 0 saturated carbocycles. The molecule has 3 N–H and O–H groups in total. The number of carboxylic acids is 1. The van der Waals surface area contributed by atoms with Gasteiger partial charge in [-0.3, -0.25) is 4.79 Å². The number of carbonyl (C=O) groups excluding carboxylic acids is 1. The molecule has 1 heterocycles. The van der Waals surface area contributed by atoms with Crippen molar-refractivity contribution >= 4 is 22.8 Å². The number of hydrogen-bond donors (Lipinski definition) is 3. The van der Waals surface area contributed by atoms with Gasteiger partial charge >= 0.3 is 5.97 Å². The number of carbonyl (C=O) groups is 2. The number of aromatic nitrogens is 1. The van der Waals surface area contributed by atoms with Gasteiger partial charge in [-0.1, -0.05) is 0 Å². The highest BCUT2D eigenvalue weighted by Crippen LogP contribution is 2.21. The summed E-state index contributed by atoms with van der Waals surface area (Å²) < 4.78 is 5.11. The van der Waals surface area contributed by atoms with E-state index in [2.05, 4.69) is 10.3 Å². The predicted molar refractivity (Wildman–Crippen MR) is 74.0 cm³/mol. The summed E-state index contributed by atoms with van der Waals surface area (Å²) in [5.74, 6) is -0.870. The Kier molecular flexibility index (Phi) is 3.40. The number of aromatic amines is 1. The van der Waals surface area contributed by atoms with Crippen molar-refractivity contribution in [1.82, 2.24) is 10.3 Å². The van der Waals surface area contributed by atoms with Gasteiger partial charge in [-0.2, -0.15) is 0 Å². The summed E-state index contributed by atoms with van der Waals surface area (Å²) in [6.45, 7) is 2.86. The first-order chi connectivity index (χ1) is 9.33. The summed E-state index contributed by atoms with van der Waals surface area (Å²) in [6, 6.07) is 7.03. The van der Waals surface area contributed by atoms with E-state index in [1.54, 1.807) is 31.4 Å². The number of fused-ring (bicyclic) bond motifs is 1. The van der Waals surface area contributed by atoms with Crippen molar-refractivity contribution < 1.29 is 19.4 Å². The van der Waals surface area contributed by atoms with Crippen molar-refractivity contribution in [3.8, 4) is 5.75 Å². The molecular weight excluding hydrogens is 260 g/mol. The predicted octanol–water partition coefficient (Wildman–Crippen LogP) is 1.77. The second-order valence-electron chi connectivity index (χ2n) is 5.02. The lowest BCUT2D eigenvalue weighted by Gasteiger charge is -2.20. The molecule has 0 bridgehead atoms. The van der Waals surface area contributed by atoms with E-state index >= 15 is 0 Å². The molecule has 0 aliphatic carbocycles. The molecule has 0 aliphatic heterocycles. The molecule has 2 aromatic rings. The summed E-state index contributed by atoms with van der Waals surface area (Å²) >= 11 is 0. The van der Waals surface area contributed by atoms with Gasteiger partial charge in [0.05, 0.1) is 7.11 Å². The van der Waals surface area contributed by atoms with Gasteiger partial charge in [0, 0.05) is 10.9 Å². The van der Waals surface area contributed by atoms with Gasteiger partial charge in [0.2, 0.25) is 0 Å². The van der Waals surface area contributed by atoms with E-state index in [0.29, 0.717) is 11.4 Å². The van der Waals surface area contributed by atoms with E-state index in [4.69, 9.17) is 9.84 Å². The number of carboxylic acid groups (broad SMARTS) is 1. The third kappa shape index (κ3) is 2.59. The first-order valence-corrected chi connectivity index (χ1v) is 6.06. The fraction of sp³-hybridized carbons (Fsp3) is 0.286. The fourth-order valence-electron chi connectivity index (χ4n) is 1.76. The SMILES string of the molecule is COc1ccc2[nH]c(C(=O)NC(C)(C)C(=O)O)cc2c1. The van der Waals surface area contributed by atoms with E-state index < -0.39 is 17.4 Å². The largest absolute Gasteiger partial charge is 0.497 e. The highest BCUT2D eigenvalue weighted by Gasteiger charge is 2.29. The van der Waals surface area contributed by atoms with Crippen LogP contribution in [0.2, 0.25) is 0 Å². The van der Waals surface area contributed by atoms with E-state index in [9.17, 15) is 9.59 Å². The zero-order chi connectivity index (χ0) is 14.9. The van der Waals surface area contributed by atoms with Crippen molar-refractivity contribution in [2.24, 2.45) is 0 Å². The Hall–Kier alpha value is -2.50. The van der Waals surface area contributed by atoms with Crippen LogP contribution in [0, 0.1) is 0 Å². The minimum atomic E-state index is -1.33. The second-order valence-corrected chi connectivity index (χ2v) is 5.02. The van der Waals surface area contributed by atoms with Crippen LogP contribution < -0.4 is 10.1 Å². The first kappa shape index (κ1) is 13.9. The number of hydrogen-bond acceptors (Lipinski definition) is 3. The molecule has 0 fully saturated rings. The summed E-state index contributed by atoms with van der Waals surface area (Å²) in [6.07, 6.45) is 0. The van der Waals surface area contributed by atoms with Crippen LogP contribution in [0.25, 0.3) is 10.9 Å². The first-order valence-electron chi connectivity index (χ1n) is 6.06. The van der Waals surface area contributed by atoms with Crippen LogP contribution >= 0.6 is 0 Å². The zero-order valence-electron chi connectivity index (χ0n) is 11.5. The van der Waals surface area contributed by atoms with Crippen LogP contribution in [-0.2, 0) is 4.79 Å². The molecule has 20 heavy (non-hydrogen) atoms. The maximum Gasteiger partial charge on any atom is 0.328 e. The molecule has 0 aliphatic rings. The minimum absolute atomic E-state index is 0.308. The molecule has 6 nitrogen and oxygen atoms in total. The van der Waals surface area contributed by atoms with Crippen LogP contribution in [-0.4, -0.2) is 34.6 Å². The van der Waals surface area contributed by atoms with E-state index in [-0.39, 0.29) is 0 Å². The highest BCUT2D eigenvalue weighted by molar-refractivity contribution is 6.00. The summed E-state index contributed by atoms with van der Waals surface area (Å²) in [7, 11) is 1.57. The Morgan fingerprint density at radius 3 is 2.60 bits per heavy atom. The standard InChI is InChI=1S/C14H16N2O4/c1-14(2,13(18)19)16-12(17)11-7-8-6-9(20-3)4-5-10(8)15-11/h4-7,15H,1-3H3,(H,16,17)(H,18,19). The van der Waals surface area contributed by atoms with Crippen LogP contribution in [0.1, 0.15) is 24.3 Å². The molecule has 0 saturated heterocycles. The monoisotopic (exact) mass is 276 g/mol. The smallest absolute Gasteiger partial charge is 0.328 e. The van der Waals surface area contributed by atoms with Crippen molar-refractivity contribution in [3.05, 3.63) is 30.0 Å². The van der Waals surface area contributed by atoms with Crippen molar-refractivity contribution in [2.75, 3.05) is 7.11 Å². The Balaban J connectivity index is 2.29. The van der Waals surface area contributed by atoms with Crippen LogP contribution in [0.3, 0.4) is 0 Å². The van der Waals surface area contributed by atoms with Gasteiger partial charge in [-0.25, -0.2) is 4.79 Å². The maximum atomic E-state index is 12.1. The van der Waals surface area contributed by atoms with Crippen LogP contribution in [0.4, 0.5) is 0 Å². The number of aliphatic carboxylic acids is 1. The molecule has 0 unspecified atom stereocenters. The van der Waals surface area contributed by atoms with E-state index in [0.717, 1.165) is 10.9 Å². The van der Waals surface area contributed by atoms with Crippen LogP contribution in [0.15, 0.2) is 24.3 Å². The van der Waals surface area contributed by atoms with Gasteiger partial charge in [-0.15, -0.1) is 0 Å². The molecule has 0 atom stereocenters. The van der Waals surface area contributed by atoms with Gasteiger partial charge in [0.15, 0.2) is 0 Å². The lowest BCUT2D eigenvalue weighted by molar-refractivity contribution is -0.143. The number of benzene rings is 1. The van der Waals surface area contributed by atoms with E-state index in [1.807, 2.05) is 0 Å². The quantitative estimate of drug-likeness (QED) is 0.793. The summed E-state index contributed by atoms with van der Waals surface area (Å²) in [5.41, 5.74) is -0.238. The lowest BCUT2D eigenvalue weighted by atomic mass is 10.1. The fourth-order valence-corrected chi connectivity index (χ4v) is 1.76. The molecule has 2 rings (SSSR count). The highest BCUT2D eigenvalue weighted by atomic mass is 16.5. The number of H-pyrrole nitrogens is 1. The van der Waals surface area contributed by atoms with Gasteiger partial charge in [0.1, 0.15) is 17.0 Å². The van der Waals surface area contributed by atoms with Crippen LogP contribution in [0.5, 0.6) is 5.75 Å². The summed E-state index contributed by atoms with van der Waals surface area (Å²) in [5, 5.41) is 12.3. The molecule has 106 valence electrons. The third-order valence-electron chi connectivity index (χ3n) is 3.03. The van der Waals surface area contributed by atoms with Crippen molar-refractivity contribution in [1.29, 1.82) is 0 Å². The second kappa shape index (κ2) is 4.88.